The van der Waals surface area contributed by atoms with Crippen LogP contribution in [-0.2, 0) is 11.0 Å². The van der Waals surface area contributed by atoms with Gasteiger partial charge in [0.15, 0.2) is 12.3 Å². The lowest BCUT2D eigenvalue weighted by Gasteiger charge is -2.10. The largest absolute Gasteiger partial charge is 0.508 e. The van der Waals surface area contributed by atoms with Crippen LogP contribution < -0.4 is 10.1 Å². The maximum Gasteiger partial charge on any atom is 0.435 e. The molecule has 2 N–H and O–H groups in total. The van der Waals surface area contributed by atoms with E-state index in [4.69, 9.17) is 16.3 Å². The molecule has 0 unspecified atom stereocenters. The Hall–Kier alpha value is -3.20. The van der Waals surface area contributed by atoms with E-state index in [1.54, 1.807) is 12.1 Å². The highest BCUT2D eigenvalue weighted by Gasteiger charge is 2.36. The van der Waals surface area contributed by atoms with Crippen LogP contribution in [-0.4, -0.2) is 27.4 Å². The zero-order valence-electron chi connectivity index (χ0n) is 14.1. The second-order valence-corrected chi connectivity index (χ2v) is 6.02. The number of phenols is 1. The van der Waals surface area contributed by atoms with E-state index in [-0.39, 0.29) is 22.3 Å². The summed E-state index contributed by atoms with van der Waals surface area (Å²) in [4.78, 5) is 12.0. The molecule has 0 saturated heterocycles. The zero-order chi connectivity index (χ0) is 20.3. The molecule has 0 aliphatic rings. The van der Waals surface area contributed by atoms with E-state index in [0.717, 1.165) is 4.68 Å². The second kappa shape index (κ2) is 7.81. The summed E-state index contributed by atoms with van der Waals surface area (Å²) in [7, 11) is 0. The Bertz CT molecular complexity index is 988. The van der Waals surface area contributed by atoms with Gasteiger partial charge in [-0.15, -0.1) is 0 Å². The van der Waals surface area contributed by atoms with Gasteiger partial charge in [-0.2, -0.15) is 23.0 Å². The molecule has 0 saturated carbocycles. The number of aromatic hydroxyl groups is 1. The predicted molar refractivity (Wildman–Crippen MR) is 95.8 cm³/mol. The molecule has 1 aromatic heterocycles. The van der Waals surface area contributed by atoms with Crippen LogP contribution in [0.1, 0.15) is 5.69 Å². The molecule has 0 aliphatic carbocycles. The molecule has 0 atom stereocenters. The molecule has 1 heterocycles. The van der Waals surface area contributed by atoms with Crippen LogP contribution in [0.4, 0.5) is 18.9 Å². The maximum atomic E-state index is 13.1. The number of anilines is 1. The van der Waals surface area contributed by atoms with Crippen molar-refractivity contribution < 1.29 is 27.8 Å². The van der Waals surface area contributed by atoms with Crippen LogP contribution in [0.2, 0.25) is 5.02 Å². The smallest absolute Gasteiger partial charge is 0.435 e. The van der Waals surface area contributed by atoms with Crippen molar-refractivity contribution in [1.82, 2.24) is 9.78 Å². The quantitative estimate of drug-likeness (QED) is 0.615. The number of nitrogens with one attached hydrogen (secondary N) is 1. The van der Waals surface area contributed by atoms with Crippen LogP contribution in [0.25, 0.3) is 5.69 Å². The number of aromatic nitrogens is 2. The number of halogens is 4. The van der Waals surface area contributed by atoms with Gasteiger partial charge in [0.2, 0.25) is 5.88 Å². The highest BCUT2D eigenvalue weighted by Crippen LogP contribution is 2.33. The minimum Gasteiger partial charge on any atom is -0.508 e. The van der Waals surface area contributed by atoms with Crippen LogP contribution in [0.5, 0.6) is 11.6 Å². The first kappa shape index (κ1) is 19.6. The van der Waals surface area contributed by atoms with Gasteiger partial charge in [0.05, 0.1) is 10.7 Å². The Morgan fingerprint density at radius 3 is 2.50 bits per heavy atom. The molecule has 0 fully saturated rings. The van der Waals surface area contributed by atoms with Crippen molar-refractivity contribution in [3.8, 4) is 17.3 Å². The number of benzene rings is 2. The average Bonchev–Trinajstić information content (AvgIpc) is 3.07. The van der Waals surface area contributed by atoms with Crippen LogP contribution in [0.15, 0.2) is 54.6 Å². The summed E-state index contributed by atoms with van der Waals surface area (Å²) in [6.45, 7) is -0.561. The number of rotatable bonds is 5. The Labute approximate surface area is 162 Å². The Morgan fingerprint density at radius 1 is 1.18 bits per heavy atom. The Morgan fingerprint density at radius 2 is 1.86 bits per heavy atom. The summed E-state index contributed by atoms with van der Waals surface area (Å²) in [5.41, 5.74) is -0.614. The molecule has 0 bridgehead atoms. The summed E-state index contributed by atoms with van der Waals surface area (Å²) < 4.78 is 45.3. The first-order chi connectivity index (χ1) is 13.2. The van der Waals surface area contributed by atoms with Gasteiger partial charge in [0.1, 0.15) is 5.75 Å². The van der Waals surface area contributed by atoms with Gasteiger partial charge in [-0.3, -0.25) is 4.79 Å². The maximum absolute atomic E-state index is 13.1. The Kier molecular flexibility index (Phi) is 5.46. The summed E-state index contributed by atoms with van der Waals surface area (Å²) in [6, 6.07) is 12.5. The number of carbonyl (C=O) groups is 1. The van der Waals surface area contributed by atoms with Crippen LogP contribution in [0, 0.1) is 0 Å². The summed E-state index contributed by atoms with van der Waals surface area (Å²) in [6.07, 6.45) is -4.70. The van der Waals surface area contributed by atoms with Gasteiger partial charge in [-0.05, 0) is 36.4 Å². The standard InChI is InChI=1S/C18H13ClF3N3O3/c19-13-3-1-2-4-14(13)25-17(9-15(24-25)18(20,21)22)28-10-16(27)23-11-5-7-12(26)8-6-11/h1-9,26H,10H2,(H,23,27). The Balaban J connectivity index is 1.80. The van der Waals surface area contributed by atoms with E-state index in [0.29, 0.717) is 11.8 Å². The third-order valence-corrected chi connectivity index (χ3v) is 3.87. The number of ether oxygens (including phenoxy) is 1. The number of hydrogen-bond acceptors (Lipinski definition) is 4. The molecule has 1 amide bonds. The number of phenolic OH excluding ortho intramolecular Hbond substituents is 1. The molecular weight excluding hydrogens is 399 g/mol. The molecular formula is C18H13ClF3N3O3. The molecule has 28 heavy (non-hydrogen) atoms. The first-order valence-corrected chi connectivity index (χ1v) is 8.25. The molecule has 10 heteroatoms. The SMILES string of the molecule is O=C(COc1cc(C(F)(F)F)nn1-c1ccccc1Cl)Nc1ccc(O)cc1. The fraction of sp³-hybridized carbons (Fsp3) is 0.111. The normalized spacial score (nSPS) is 11.3. The number of alkyl halides is 3. The summed E-state index contributed by atoms with van der Waals surface area (Å²) in [5, 5.41) is 15.4. The second-order valence-electron chi connectivity index (χ2n) is 5.61. The lowest BCUT2D eigenvalue weighted by Crippen LogP contribution is -2.21. The van der Waals surface area contributed by atoms with E-state index in [1.165, 1.54) is 36.4 Å². The van der Waals surface area contributed by atoms with Gasteiger partial charge in [0.25, 0.3) is 5.91 Å². The van der Waals surface area contributed by atoms with Gasteiger partial charge in [-0.25, -0.2) is 0 Å². The average molecular weight is 412 g/mol. The molecule has 0 radical (unpaired) electrons. The summed E-state index contributed by atoms with van der Waals surface area (Å²) in [5.74, 6) is -0.870. The van der Waals surface area contributed by atoms with Crippen molar-refractivity contribution in [2.45, 2.75) is 6.18 Å². The molecule has 0 aliphatic heterocycles. The van der Waals surface area contributed by atoms with Crippen molar-refractivity contribution in [3.63, 3.8) is 0 Å². The van der Waals surface area contributed by atoms with E-state index < -0.39 is 24.4 Å². The fourth-order valence-electron chi connectivity index (χ4n) is 2.28. The minimum atomic E-state index is -4.70. The lowest BCUT2D eigenvalue weighted by atomic mass is 10.3. The van der Waals surface area contributed by atoms with Crippen molar-refractivity contribution in [1.29, 1.82) is 0 Å². The highest BCUT2D eigenvalue weighted by molar-refractivity contribution is 6.32. The van der Waals surface area contributed by atoms with Gasteiger partial charge in [-0.1, -0.05) is 23.7 Å². The van der Waals surface area contributed by atoms with Crippen LogP contribution in [0.3, 0.4) is 0 Å². The van der Waals surface area contributed by atoms with Crippen molar-refractivity contribution in [3.05, 3.63) is 65.3 Å². The van der Waals surface area contributed by atoms with E-state index in [9.17, 15) is 23.1 Å². The van der Waals surface area contributed by atoms with Crippen molar-refractivity contribution >= 4 is 23.2 Å². The third-order valence-electron chi connectivity index (χ3n) is 3.55. The van der Waals surface area contributed by atoms with Crippen LogP contribution >= 0.6 is 11.6 Å². The fourth-order valence-corrected chi connectivity index (χ4v) is 2.50. The summed E-state index contributed by atoms with van der Waals surface area (Å²) >= 11 is 6.04. The van der Waals surface area contributed by atoms with E-state index >= 15 is 0 Å². The monoisotopic (exact) mass is 411 g/mol. The third kappa shape index (κ3) is 4.55. The topological polar surface area (TPSA) is 76.4 Å². The minimum absolute atomic E-state index is 0.0255. The molecule has 146 valence electrons. The number of nitrogens with zero attached hydrogens (tertiary/aromatic N) is 2. The zero-order valence-corrected chi connectivity index (χ0v) is 14.8. The number of carbonyl (C=O) groups excluding carboxylic acids is 1. The van der Waals surface area contributed by atoms with Gasteiger partial charge >= 0.3 is 6.18 Å². The molecule has 0 spiro atoms. The molecule has 6 nitrogen and oxygen atoms in total. The van der Waals surface area contributed by atoms with E-state index in [1.807, 2.05) is 0 Å². The van der Waals surface area contributed by atoms with Gasteiger partial charge in [0, 0.05) is 11.8 Å². The van der Waals surface area contributed by atoms with E-state index in [2.05, 4.69) is 10.4 Å². The first-order valence-electron chi connectivity index (χ1n) is 7.88. The van der Waals surface area contributed by atoms with Gasteiger partial charge < -0.3 is 15.2 Å². The molecule has 2 aromatic carbocycles. The number of hydrogen-bond donors (Lipinski definition) is 2. The van der Waals surface area contributed by atoms with Crippen molar-refractivity contribution in [2.75, 3.05) is 11.9 Å². The molecule has 3 aromatic rings. The van der Waals surface area contributed by atoms with Crippen molar-refractivity contribution in [2.24, 2.45) is 0 Å². The predicted octanol–water partition coefficient (Wildman–Crippen LogP) is 4.27. The highest BCUT2D eigenvalue weighted by atomic mass is 35.5. The lowest BCUT2D eigenvalue weighted by molar-refractivity contribution is -0.141. The number of para-hydroxylation sites is 1. The molecule has 3 rings (SSSR count). The number of amides is 1.